The van der Waals surface area contributed by atoms with E-state index in [9.17, 15) is 4.79 Å². The van der Waals surface area contributed by atoms with E-state index in [4.69, 9.17) is 4.74 Å². The Labute approximate surface area is 132 Å². The molecule has 0 aromatic heterocycles. The van der Waals surface area contributed by atoms with E-state index in [0.29, 0.717) is 23.9 Å². The molecule has 3 heteroatoms. The van der Waals surface area contributed by atoms with Crippen LogP contribution in [0, 0.1) is 12.8 Å². The summed E-state index contributed by atoms with van der Waals surface area (Å²) < 4.78 is 4.86. The SMILES string of the molecule is COC(=O)/C=C1/CN2C3CCC2C1C(c1ccc(C)cc1)C3. The third kappa shape index (κ3) is 2.11. The second-order valence-corrected chi connectivity index (χ2v) is 6.99. The fourth-order valence-electron chi connectivity index (χ4n) is 4.89. The second kappa shape index (κ2) is 5.24. The minimum absolute atomic E-state index is 0.206. The number of hydrogen-bond acceptors (Lipinski definition) is 3. The number of aryl methyl sites for hydroxylation is 1. The first-order valence-electron chi connectivity index (χ1n) is 8.28. The number of rotatable bonds is 2. The Morgan fingerprint density at radius 3 is 2.77 bits per heavy atom. The molecule has 5 atom stereocenters. The topological polar surface area (TPSA) is 29.5 Å². The first-order valence-corrected chi connectivity index (χ1v) is 8.28. The maximum absolute atomic E-state index is 11.7. The molecule has 3 aliphatic heterocycles. The van der Waals surface area contributed by atoms with E-state index >= 15 is 0 Å². The van der Waals surface area contributed by atoms with E-state index in [2.05, 4.69) is 36.1 Å². The summed E-state index contributed by atoms with van der Waals surface area (Å²) in [6.07, 6.45) is 5.57. The Kier molecular flexibility index (Phi) is 3.33. The van der Waals surface area contributed by atoms with Crippen molar-refractivity contribution >= 4 is 5.97 Å². The molecule has 3 nitrogen and oxygen atoms in total. The highest BCUT2D eigenvalue weighted by atomic mass is 16.5. The van der Waals surface area contributed by atoms with Gasteiger partial charge in [-0.05, 0) is 43.2 Å². The molecule has 3 fully saturated rings. The Bertz CT molecular complexity index is 619. The lowest BCUT2D eigenvalue weighted by atomic mass is 9.76. The van der Waals surface area contributed by atoms with Gasteiger partial charge in [0.05, 0.1) is 7.11 Å². The number of carbonyl (C=O) groups excluding carboxylic acids is 1. The number of benzene rings is 1. The Hall–Kier alpha value is -1.61. The number of esters is 1. The van der Waals surface area contributed by atoms with Crippen LogP contribution in [0.25, 0.3) is 0 Å². The summed E-state index contributed by atoms with van der Waals surface area (Å²) in [7, 11) is 1.46. The van der Waals surface area contributed by atoms with Crippen LogP contribution in [0.5, 0.6) is 0 Å². The molecule has 0 radical (unpaired) electrons. The second-order valence-electron chi connectivity index (χ2n) is 6.99. The molecule has 3 saturated heterocycles. The van der Waals surface area contributed by atoms with Gasteiger partial charge in [0.15, 0.2) is 0 Å². The Balaban J connectivity index is 1.72. The van der Waals surface area contributed by atoms with Crippen LogP contribution in [0.15, 0.2) is 35.9 Å². The summed E-state index contributed by atoms with van der Waals surface area (Å²) in [4.78, 5) is 14.4. The van der Waals surface area contributed by atoms with Gasteiger partial charge in [0.1, 0.15) is 0 Å². The summed E-state index contributed by atoms with van der Waals surface area (Å²) in [5.41, 5.74) is 4.02. The van der Waals surface area contributed by atoms with Gasteiger partial charge in [0.2, 0.25) is 0 Å². The van der Waals surface area contributed by atoms with Crippen molar-refractivity contribution in [2.24, 2.45) is 5.92 Å². The van der Waals surface area contributed by atoms with Crippen molar-refractivity contribution in [1.82, 2.24) is 4.90 Å². The Morgan fingerprint density at radius 1 is 1.27 bits per heavy atom. The molecule has 0 saturated carbocycles. The van der Waals surface area contributed by atoms with Crippen LogP contribution in [-0.4, -0.2) is 36.6 Å². The molecule has 116 valence electrons. The molecular formula is C19H23NO2. The van der Waals surface area contributed by atoms with Gasteiger partial charge in [-0.1, -0.05) is 29.8 Å². The largest absolute Gasteiger partial charge is 0.466 e. The maximum Gasteiger partial charge on any atom is 0.330 e. The normalized spacial score (nSPS) is 37.5. The van der Waals surface area contributed by atoms with Gasteiger partial charge in [-0.15, -0.1) is 0 Å². The van der Waals surface area contributed by atoms with E-state index < -0.39 is 0 Å². The monoisotopic (exact) mass is 297 g/mol. The standard InChI is InChI=1S/C19H23NO2/c1-12-3-5-13(6-4-12)16-10-15-7-8-17-19(16)14(11-20(15)17)9-18(21)22-2/h3-6,9,15-17,19H,7-8,10-11H2,1-2H3/b14-9-. The molecule has 1 aromatic rings. The third-order valence-electron chi connectivity index (χ3n) is 5.87. The van der Waals surface area contributed by atoms with Crippen LogP contribution in [0.1, 0.15) is 36.3 Å². The zero-order valence-electron chi connectivity index (χ0n) is 13.3. The molecule has 0 spiro atoms. The fraction of sp³-hybridized carbons (Fsp3) is 0.526. The minimum atomic E-state index is -0.206. The molecule has 3 aliphatic rings. The van der Waals surface area contributed by atoms with Crippen LogP contribution in [-0.2, 0) is 9.53 Å². The van der Waals surface area contributed by atoms with E-state index in [1.807, 2.05) is 0 Å². The molecule has 0 N–H and O–H groups in total. The first kappa shape index (κ1) is 14.0. The molecule has 4 bridgehead atoms. The zero-order chi connectivity index (χ0) is 15.3. The summed E-state index contributed by atoms with van der Waals surface area (Å²) >= 11 is 0. The molecule has 0 amide bonds. The highest BCUT2D eigenvalue weighted by Gasteiger charge is 2.53. The number of piperidine rings is 1. The summed E-state index contributed by atoms with van der Waals surface area (Å²) in [6.45, 7) is 3.09. The molecule has 22 heavy (non-hydrogen) atoms. The highest BCUT2D eigenvalue weighted by Crippen LogP contribution is 2.54. The van der Waals surface area contributed by atoms with Gasteiger partial charge in [-0.3, -0.25) is 4.90 Å². The smallest absolute Gasteiger partial charge is 0.330 e. The lowest BCUT2D eigenvalue weighted by Gasteiger charge is -2.37. The van der Waals surface area contributed by atoms with Crippen molar-refractivity contribution in [2.75, 3.05) is 13.7 Å². The van der Waals surface area contributed by atoms with E-state index in [1.54, 1.807) is 6.08 Å². The summed E-state index contributed by atoms with van der Waals surface area (Å²) in [5, 5.41) is 0. The minimum Gasteiger partial charge on any atom is -0.466 e. The summed E-state index contributed by atoms with van der Waals surface area (Å²) in [5.74, 6) is 0.829. The van der Waals surface area contributed by atoms with Gasteiger partial charge in [0.25, 0.3) is 0 Å². The fourth-order valence-corrected chi connectivity index (χ4v) is 4.89. The average Bonchev–Trinajstić information content (AvgIpc) is 2.93. The van der Waals surface area contributed by atoms with Crippen LogP contribution in [0.4, 0.5) is 0 Å². The van der Waals surface area contributed by atoms with Gasteiger partial charge >= 0.3 is 5.97 Å². The van der Waals surface area contributed by atoms with Crippen molar-refractivity contribution in [3.8, 4) is 0 Å². The molecule has 4 rings (SSSR count). The van der Waals surface area contributed by atoms with Gasteiger partial charge in [-0.2, -0.15) is 0 Å². The number of carbonyl (C=O) groups is 1. The van der Waals surface area contributed by atoms with Gasteiger partial charge in [0, 0.05) is 30.6 Å². The lowest BCUT2D eigenvalue weighted by molar-refractivity contribution is -0.134. The maximum atomic E-state index is 11.7. The third-order valence-corrected chi connectivity index (χ3v) is 5.87. The average molecular weight is 297 g/mol. The molecule has 0 aliphatic carbocycles. The van der Waals surface area contributed by atoms with Crippen molar-refractivity contribution in [1.29, 1.82) is 0 Å². The molecule has 5 unspecified atom stereocenters. The van der Waals surface area contributed by atoms with Crippen molar-refractivity contribution in [3.05, 3.63) is 47.0 Å². The molecular weight excluding hydrogens is 274 g/mol. The van der Waals surface area contributed by atoms with E-state index in [0.717, 1.165) is 6.54 Å². The van der Waals surface area contributed by atoms with Gasteiger partial charge < -0.3 is 4.74 Å². The number of ether oxygens (including phenoxy) is 1. The molecule has 3 heterocycles. The van der Waals surface area contributed by atoms with Gasteiger partial charge in [-0.25, -0.2) is 4.79 Å². The first-order chi connectivity index (χ1) is 10.7. The highest BCUT2D eigenvalue weighted by molar-refractivity contribution is 5.83. The predicted octanol–water partition coefficient (Wildman–Crippen LogP) is 3.04. The molecule has 1 aromatic carbocycles. The van der Waals surface area contributed by atoms with E-state index in [-0.39, 0.29) is 5.97 Å². The van der Waals surface area contributed by atoms with Crippen LogP contribution in [0.2, 0.25) is 0 Å². The van der Waals surface area contributed by atoms with Crippen LogP contribution in [0.3, 0.4) is 0 Å². The Morgan fingerprint density at radius 2 is 2.05 bits per heavy atom. The predicted molar refractivity (Wildman–Crippen MR) is 85.6 cm³/mol. The lowest BCUT2D eigenvalue weighted by Crippen LogP contribution is -2.40. The van der Waals surface area contributed by atoms with Crippen LogP contribution >= 0.6 is 0 Å². The van der Waals surface area contributed by atoms with Crippen molar-refractivity contribution in [3.63, 3.8) is 0 Å². The quantitative estimate of drug-likeness (QED) is 0.621. The van der Waals surface area contributed by atoms with Crippen molar-refractivity contribution < 1.29 is 9.53 Å². The summed E-state index contributed by atoms with van der Waals surface area (Å²) in [6, 6.07) is 10.3. The number of methoxy groups -OCH3 is 1. The van der Waals surface area contributed by atoms with E-state index in [1.165, 1.54) is 43.1 Å². The number of hydrogen-bond donors (Lipinski definition) is 0. The zero-order valence-corrected chi connectivity index (χ0v) is 13.3. The van der Waals surface area contributed by atoms with Crippen molar-refractivity contribution in [2.45, 2.75) is 44.2 Å². The number of nitrogens with zero attached hydrogens (tertiary/aromatic N) is 1. The van der Waals surface area contributed by atoms with Crippen LogP contribution < -0.4 is 0 Å².